The normalized spacial score (nSPS) is 18.7. The number of alkyl halides is 1. The van der Waals surface area contributed by atoms with Gasteiger partial charge < -0.3 is 5.11 Å². The Hall–Kier alpha value is -3.16. The molecule has 2 N–H and O–H groups in total. The summed E-state index contributed by atoms with van der Waals surface area (Å²) in [5.74, 6) is 0.494. The number of benzene rings is 2. The zero-order chi connectivity index (χ0) is 20.0. The molecule has 2 aromatic carbocycles. The molecule has 1 aliphatic heterocycles. The Morgan fingerprint density at radius 3 is 2.59 bits per heavy atom. The first-order chi connectivity index (χ1) is 14.1. The number of hydrogen-bond acceptors (Lipinski definition) is 6. The molecule has 1 aliphatic rings. The van der Waals surface area contributed by atoms with Crippen LogP contribution in [-0.4, -0.2) is 31.4 Å². The van der Waals surface area contributed by atoms with Gasteiger partial charge in [0.2, 0.25) is 0 Å². The molecule has 29 heavy (non-hydrogen) atoms. The van der Waals surface area contributed by atoms with Crippen molar-refractivity contribution < 1.29 is 9.90 Å². The van der Waals surface area contributed by atoms with E-state index in [9.17, 15) is 9.90 Å². The second-order valence-corrected chi connectivity index (χ2v) is 8.19. The van der Waals surface area contributed by atoms with Crippen LogP contribution in [-0.2, 0) is 4.79 Å². The number of hydrazine groups is 1. The number of fused-ring (bicyclic) bond motifs is 1. The summed E-state index contributed by atoms with van der Waals surface area (Å²) in [5.41, 5.74) is 5.87. The lowest BCUT2D eigenvalue weighted by Gasteiger charge is -2.44. The first-order valence-corrected chi connectivity index (χ1v) is 10.2. The Bertz CT molecular complexity index is 1200. The zero-order valence-electron chi connectivity index (χ0n) is 15.0. The maximum absolute atomic E-state index is 12.4. The second-order valence-electron chi connectivity index (χ2n) is 6.67. The van der Waals surface area contributed by atoms with Gasteiger partial charge in [-0.3, -0.25) is 10.2 Å². The topological polar surface area (TPSA) is 78.4 Å². The van der Waals surface area contributed by atoms with Crippen LogP contribution in [0.5, 0.6) is 5.75 Å². The molecule has 4 aromatic rings. The van der Waals surface area contributed by atoms with Gasteiger partial charge in [0.05, 0.1) is 10.2 Å². The van der Waals surface area contributed by atoms with Crippen molar-refractivity contribution in [3.63, 3.8) is 0 Å². The summed E-state index contributed by atoms with van der Waals surface area (Å²) in [7, 11) is 0. The number of amides is 1. The highest BCUT2D eigenvalue weighted by Crippen LogP contribution is 2.41. The van der Waals surface area contributed by atoms with E-state index in [-0.39, 0.29) is 17.7 Å². The van der Waals surface area contributed by atoms with Gasteiger partial charge in [-0.25, -0.2) is 15.0 Å². The lowest BCUT2D eigenvalue weighted by molar-refractivity contribution is -0.143. The average Bonchev–Trinajstić information content (AvgIpc) is 3.20. The smallest absolute Gasteiger partial charge is 0.262 e. The van der Waals surface area contributed by atoms with E-state index in [1.54, 1.807) is 35.6 Å². The van der Waals surface area contributed by atoms with E-state index >= 15 is 0 Å². The molecule has 0 spiro atoms. The van der Waals surface area contributed by atoms with Crippen LogP contribution in [0.4, 0.5) is 5.82 Å². The number of rotatable bonds is 4. The fraction of sp³-hybridized carbons (Fsp3) is 0.0952. The van der Waals surface area contributed by atoms with Gasteiger partial charge in [-0.05, 0) is 29.3 Å². The minimum Gasteiger partial charge on any atom is -0.508 e. The predicted octanol–water partition coefficient (Wildman–Crippen LogP) is 4.58. The number of hydrogen-bond donors (Lipinski definition) is 2. The van der Waals surface area contributed by atoms with E-state index < -0.39 is 5.38 Å². The van der Waals surface area contributed by atoms with Gasteiger partial charge in [-0.15, -0.1) is 22.9 Å². The summed E-state index contributed by atoms with van der Waals surface area (Å²) >= 11 is 7.84. The molecule has 0 aliphatic carbocycles. The van der Waals surface area contributed by atoms with Crippen LogP contribution in [0.25, 0.3) is 20.7 Å². The number of nitrogens with one attached hydrogen (secondary N) is 1. The summed E-state index contributed by atoms with van der Waals surface area (Å²) < 4.78 is 0.863. The third kappa shape index (κ3) is 3.08. The molecule has 0 radical (unpaired) electrons. The number of phenols is 1. The number of thiophene rings is 1. The van der Waals surface area contributed by atoms with Crippen molar-refractivity contribution in [2.75, 3.05) is 5.43 Å². The zero-order valence-corrected chi connectivity index (χ0v) is 16.6. The Morgan fingerprint density at radius 1 is 1.07 bits per heavy atom. The minimum absolute atomic E-state index is 0.162. The lowest BCUT2D eigenvalue weighted by Crippen LogP contribution is -2.58. The molecule has 2 aromatic heterocycles. The summed E-state index contributed by atoms with van der Waals surface area (Å²) in [6.45, 7) is 0. The van der Waals surface area contributed by atoms with E-state index in [0.29, 0.717) is 5.82 Å². The van der Waals surface area contributed by atoms with Gasteiger partial charge in [0.1, 0.15) is 23.5 Å². The van der Waals surface area contributed by atoms with E-state index in [4.69, 9.17) is 11.6 Å². The van der Waals surface area contributed by atoms with Crippen LogP contribution in [0.15, 0.2) is 67.0 Å². The molecule has 0 saturated carbocycles. The SMILES string of the molecule is O=C1C(Cl)C(c2ccc(O)cc2)N1Nc1ncnc2cc(-c3ccccc3)sc12. The van der Waals surface area contributed by atoms with E-state index in [0.717, 1.165) is 26.2 Å². The first-order valence-electron chi connectivity index (χ1n) is 8.94. The Kier molecular flexibility index (Phi) is 4.34. The number of β-lactam (4-membered cyclic amide) rings is 1. The Balaban J connectivity index is 1.48. The van der Waals surface area contributed by atoms with Crippen LogP contribution in [0, 0.1) is 0 Å². The number of anilines is 1. The van der Waals surface area contributed by atoms with E-state index in [1.807, 2.05) is 36.4 Å². The number of halogens is 1. The molecule has 8 heteroatoms. The average molecular weight is 423 g/mol. The lowest BCUT2D eigenvalue weighted by atomic mass is 9.95. The predicted molar refractivity (Wildman–Crippen MR) is 114 cm³/mol. The summed E-state index contributed by atoms with van der Waals surface area (Å²) in [4.78, 5) is 22.2. The number of carbonyl (C=O) groups is 1. The summed E-state index contributed by atoms with van der Waals surface area (Å²) in [6, 6.07) is 18.4. The third-order valence-electron chi connectivity index (χ3n) is 4.86. The fourth-order valence-electron chi connectivity index (χ4n) is 3.36. The highest BCUT2D eigenvalue weighted by molar-refractivity contribution is 7.22. The minimum atomic E-state index is -0.674. The molecule has 1 saturated heterocycles. The highest BCUT2D eigenvalue weighted by atomic mass is 35.5. The van der Waals surface area contributed by atoms with E-state index in [1.165, 1.54) is 11.3 Å². The van der Waals surface area contributed by atoms with Crippen molar-refractivity contribution in [3.8, 4) is 16.2 Å². The van der Waals surface area contributed by atoms with Crippen LogP contribution >= 0.6 is 22.9 Å². The van der Waals surface area contributed by atoms with Crippen LogP contribution in [0.3, 0.4) is 0 Å². The largest absolute Gasteiger partial charge is 0.508 e. The monoisotopic (exact) mass is 422 g/mol. The number of phenolic OH excluding ortho intramolecular Hbond substituents is 1. The maximum Gasteiger partial charge on any atom is 0.262 e. The van der Waals surface area contributed by atoms with Gasteiger partial charge >= 0.3 is 0 Å². The molecule has 144 valence electrons. The van der Waals surface area contributed by atoms with Crippen molar-refractivity contribution in [1.29, 1.82) is 0 Å². The van der Waals surface area contributed by atoms with E-state index in [2.05, 4.69) is 15.4 Å². The highest BCUT2D eigenvalue weighted by Gasteiger charge is 2.48. The van der Waals surface area contributed by atoms with Crippen LogP contribution in [0.2, 0.25) is 0 Å². The van der Waals surface area contributed by atoms with Crippen molar-refractivity contribution in [2.45, 2.75) is 11.4 Å². The van der Waals surface area contributed by atoms with Crippen LogP contribution in [0.1, 0.15) is 11.6 Å². The molecule has 1 fully saturated rings. The molecule has 5 rings (SSSR count). The third-order valence-corrected chi connectivity index (χ3v) is 6.46. The Morgan fingerprint density at radius 2 is 1.83 bits per heavy atom. The van der Waals surface area contributed by atoms with Gasteiger partial charge in [-0.2, -0.15) is 0 Å². The molecule has 2 unspecified atom stereocenters. The fourth-order valence-corrected chi connectivity index (χ4v) is 4.78. The standard InChI is InChI=1S/C21H15ClN4O2S/c22-17-18(13-6-8-14(27)9-7-13)26(21(17)28)25-20-19-15(23-11-24-20)10-16(29-19)12-4-2-1-3-5-12/h1-11,17-18,27H,(H,23,24,25). The maximum atomic E-state index is 12.4. The summed E-state index contributed by atoms with van der Waals surface area (Å²) in [5, 5.41) is 10.3. The van der Waals surface area contributed by atoms with Gasteiger partial charge in [0, 0.05) is 4.88 Å². The molecule has 3 heterocycles. The molecular formula is C21H15ClN4O2S. The molecule has 2 atom stereocenters. The summed E-state index contributed by atoms with van der Waals surface area (Å²) in [6.07, 6.45) is 1.48. The van der Waals surface area contributed by atoms with Gasteiger partial charge in [-0.1, -0.05) is 42.5 Å². The second kappa shape index (κ2) is 7.02. The molecule has 1 amide bonds. The van der Waals surface area contributed by atoms with Crippen molar-refractivity contribution >= 4 is 44.9 Å². The quantitative estimate of drug-likeness (QED) is 0.371. The Labute approximate surface area is 175 Å². The first kappa shape index (κ1) is 17.9. The van der Waals surface area contributed by atoms with Gasteiger partial charge in [0.15, 0.2) is 5.82 Å². The molecule has 6 nitrogen and oxygen atoms in total. The molecule has 0 bridgehead atoms. The number of carbonyl (C=O) groups excluding carboxylic acids is 1. The van der Waals surface area contributed by atoms with Crippen molar-refractivity contribution in [3.05, 3.63) is 72.6 Å². The number of aromatic hydroxyl groups is 1. The number of aromatic nitrogens is 2. The molecular weight excluding hydrogens is 408 g/mol. The van der Waals surface area contributed by atoms with Crippen molar-refractivity contribution in [2.24, 2.45) is 0 Å². The van der Waals surface area contributed by atoms with Crippen molar-refractivity contribution in [1.82, 2.24) is 15.0 Å². The van der Waals surface area contributed by atoms with Crippen LogP contribution < -0.4 is 5.43 Å². The number of nitrogens with zero attached hydrogens (tertiary/aromatic N) is 3. The van der Waals surface area contributed by atoms with Gasteiger partial charge in [0.25, 0.3) is 5.91 Å².